The first-order valence-electron chi connectivity index (χ1n) is 11.1. The molecular weight excluding hydrogens is 450 g/mol. The van der Waals surface area contributed by atoms with E-state index in [1.54, 1.807) is 50.4 Å². The number of aromatic hydroxyl groups is 2. The fraction of sp³-hybridized carbons (Fsp3) is 0.280. The number of carbonyl (C=O) groups is 3. The molecule has 0 saturated heterocycles. The van der Waals surface area contributed by atoms with Gasteiger partial charge in [-0.1, -0.05) is 44.2 Å². The number of aromatic nitrogens is 3. The van der Waals surface area contributed by atoms with E-state index in [4.69, 9.17) is 0 Å². The van der Waals surface area contributed by atoms with Crippen molar-refractivity contribution in [3.05, 3.63) is 71.3 Å². The summed E-state index contributed by atoms with van der Waals surface area (Å²) in [6, 6.07) is 7.43. The van der Waals surface area contributed by atoms with E-state index in [0.717, 1.165) is 5.56 Å². The fourth-order valence-electron chi connectivity index (χ4n) is 3.65. The van der Waals surface area contributed by atoms with Gasteiger partial charge in [0.15, 0.2) is 11.7 Å². The smallest absolute Gasteiger partial charge is 0.244 e. The van der Waals surface area contributed by atoms with Crippen LogP contribution in [0.1, 0.15) is 53.5 Å². The third-order valence-corrected chi connectivity index (χ3v) is 5.56. The summed E-state index contributed by atoms with van der Waals surface area (Å²) in [5.74, 6) is -2.45. The number of rotatable bonds is 10. The molecule has 3 aromatic rings. The summed E-state index contributed by atoms with van der Waals surface area (Å²) in [6.07, 6.45) is 5.86. The maximum absolute atomic E-state index is 13.1. The number of benzene rings is 1. The molecule has 10 nitrogen and oxygen atoms in total. The lowest BCUT2D eigenvalue weighted by Crippen LogP contribution is -2.45. The Morgan fingerprint density at radius 2 is 1.80 bits per heavy atom. The second-order valence-electron chi connectivity index (χ2n) is 8.49. The van der Waals surface area contributed by atoms with E-state index in [-0.39, 0.29) is 29.3 Å². The van der Waals surface area contributed by atoms with Crippen LogP contribution < -0.4 is 10.6 Å². The predicted molar refractivity (Wildman–Crippen MR) is 130 cm³/mol. The zero-order valence-corrected chi connectivity index (χ0v) is 19.7. The van der Waals surface area contributed by atoms with Gasteiger partial charge in [0.05, 0.1) is 42.3 Å². The Kier molecular flexibility index (Phi) is 8.08. The molecule has 0 spiro atoms. The summed E-state index contributed by atoms with van der Waals surface area (Å²) in [5.41, 5.74) is 1.51. The molecule has 0 aliphatic carbocycles. The van der Waals surface area contributed by atoms with Gasteiger partial charge in [0, 0.05) is 11.6 Å². The molecule has 2 atom stereocenters. The van der Waals surface area contributed by atoms with Gasteiger partial charge in [-0.15, -0.1) is 0 Å². The molecule has 2 aromatic heterocycles. The van der Waals surface area contributed by atoms with Crippen LogP contribution in [0.5, 0.6) is 11.8 Å². The number of H-pyrrole nitrogens is 2. The standard InChI is InChI=1S/C25H29N5O5/c1-14(2)22(23(33)21-15(3)24(34)30-25(21)35)29-20(32)11-18(16-7-5-4-6-8-16)28-19(31)10-9-17-12-26-13-27-17/h4-10,12-14,18,22,30,34-35H,11H2,1-3H3,(H,26,27)(H,28,31)(H,29,32)/t18-,22-/m0/s1. The SMILES string of the molecule is Cc1c(O)[nH]c(O)c1C(=O)[C@@H](NC(=O)C[C@H](NC(=O)C=Cc1cnc[nH]1)c1ccccc1)C(C)C. The highest BCUT2D eigenvalue weighted by Crippen LogP contribution is 2.30. The molecule has 0 aliphatic heterocycles. The van der Waals surface area contributed by atoms with Gasteiger partial charge >= 0.3 is 0 Å². The Hall–Kier alpha value is -4.34. The van der Waals surface area contributed by atoms with E-state index in [1.807, 2.05) is 6.07 Å². The van der Waals surface area contributed by atoms with E-state index < -0.39 is 35.6 Å². The minimum absolute atomic E-state index is 0.0710. The van der Waals surface area contributed by atoms with E-state index in [9.17, 15) is 24.6 Å². The molecule has 0 fully saturated rings. The second-order valence-corrected chi connectivity index (χ2v) is 8.49. The lowest BCUT2D eigenvalue weighted by molar-refractivity contribution is -0.123. The van der Waals surface area contributed by atoms with E-state index in [2.05, 4.69) is 25.6 Å². The average Bonchev–Trinajstić information content (AvgIpc) is 3.43. The van der Waals surface area contributed by atoms with Crippen molar-refractivity contribution in [2.75, 3.05) is 0 Å². The van der Waals surface area contributed by atoms with Crippen LogP contribution in [0, 0.1) is 12.8 Å². The number of amides is 2. The zero-order chi connectivity index (χ0) is 25.5. The monoisotopic (exact) mass is 479 g/mol. The molecule has 10 heteroatoms. The highest BCUT2D eigenvalue weighted by Gasteiger charge is 2.31. The zero-order valence-electron chi connectivity index (χ0n) is 19.7. The fourth-order valence-corrected chi connectivity index (χ4v) is 3.65. The van der Waals surface area contributed by atoms with Gasteiger partial charge in [-0.25, -0.2) is 4.98 Å². The van der Waals surface area contributed by atoms with Crippen molar-refractivity contribution < 1.29 is 24.6 Å². The third kappa shape index (κ3) is 6.38. The van der Waals surface area contributed by atoms with E-state index in [0.29, 0.717) is 5.69 Å². The van der Waals surface area contributed by atoms with Gasteiger partial charge in [0.25, 0.3) is 0 Å². The minimum atomic E-state index is -0.949. The highest BCUT2D eigenvalue weighted by molar-refractivity contribution is 6.05. The molecule has 0 unspecified atom stereocenters. The topological polar surface area (TPSA) is 160 Å². The summed E-state index contributed by atoms with van der Waals surface area (Å²) in [7, 11) is 0. The van der Waals surface area contributed by atoms with Crippen LogP contribution in [0.25, 0.3) is 6.08 Å². The van der Waals surface area contributed by atoms with Gasteiger partial charge in [0.1, 0.15) is 0 Å². The first-order valence-corrected chi connectivity index (χ1v) is 11.1. The number of carbonyl (C=O) groups excluding carboxylic acids is 3. The van der Waals surface area contributed by atoms with Crippen LogP contribution in [0.2, 0.25) is 0 Å². The quantitative estimate of drug-likeness (QED) is 0.194. The van der Waals surface area contributed by atoms with E-state index in [1.165, 1.54) is 19.3 Å². The van der Waals surface area contributed by atoms with Crippen LogP contribution in [0.3, 0.4) is 0 Å². The summed E-state index contributed by atoms with van der Waals surface area (Å²) in [6.45, 7) is 5.02. The molecule has 0 bridgehead atoms. The Morgan fingerprint density at radius 3 is 2.37 bits per heavy atom. The largest absolute Gasteiger partial charge is 0.494 e. The lowest BCUT2D eigenvalue weighted by atomic mass is 9.93. The Labute approximate surface area is 202 Å². The summed E-state index contributed by atoms with van der Waals surface area (Å²) in [5, 5.41) is 25.4. The van der Waals surface area contributed by atoms with Gasteiger partial charge in [-0.05, 0) is 24.5 Å². The molecule has 3 rings (SSSR count). The van der Waals surface area contributed by atoms with Crippen LogP contribution in [0.4, 0.5) is 0 Å². The van der Waals surface area contributed by atoms with Crippen LogP contribution in [-0.2, 0) is 9.59 Å². The third-order valence-electron chi connectivity index (χ3n) is 5.56. The molecule has 2 amide bonds. The second kappa shape index (κ2) is 11.2. The number of ketones is 1. The van der Waals surface area contributed by atoms with Crippen molar-refractivity contribution >= 4 is 23.7 Å². The maximum Gasteiger partial charge on any atom is 0.244 e. The molecule has 0 radical (unpaired) electrons. The van der Waals surface area contributed by atoms with Crippen LogP contribution in [-0.4, -0.2) is 48.8 Å². The van der Waals surface area contributed by atoms with E-state index >= 15 is 0 Å². The first kappa shape index (κ1) is 25.3. The first-order chi connectivity index (χ1) is 16.7. The van der Waals surface area contributed by atoms with Crippen molar-refractivity contribution in [3.8, 4) is 11.8 Å². The average molecular weight is 480 g/mol. The predicted octanol–water partition coefficient (Wildman–Crippen LogP) is 2.74. The number of aromatic amines is 2. The number of hydrogen-bond acceptors (Lipinski definition) is 6. The summed E-state index contributed by atoms with van der Waals surface area (Å²) < 4.78 is 0. The van der Waals surface area contributed by atoms with Crippen molar-refractivity contribution in [2.45, 2.75) is 39.3 Å². The maximum atomic E-state index is 13.1. The Balaban J connectivity index is 1.75. The molecule has 0 saturated carbocycles. The number of nitrogens with zero attached hydrogens (tertiary/aromatic N) is 1. The molecule has 2 heterocycles. The number of nitrogens with one attached hydrogen (secondary N) is 4. The lowest BCUT2D eigenvalue weighted by Gasteiger charge is -2.24. The van der Waals surface area contributed by atoms with Crippen molar-refractivity contribution in [1.82, 2.24) is 25.6 Å². The summed E-state index contributed by atoms with van der Waals surface area (Å²) >= 11 is 0. The Bertz CT molecular complexity index is 1200. The molecule has 184 valence electrons. The molecule has 1 aromatic carbocycles. The van der Waals surface area contributed by atoms with Crippen LogP contribution >= 0.6 is 0 Å². The summed E-state index contributed by atoms with van der Waals surface area (Å²) in [4.78, 5) is 47.7. The number of imidazole rings is 1. The molecule has 6 N–H and O–H groups in total. The molecular formula is C25H29N5O5. The van der Waals surface area contributed by atoms with Crippen molar-refractivity contribution in [2.24, 2.45) is 5.92 Å². The number of Topliss-reactive ketones (excluding diaryl/α,β-unsaturated/α-hetero) is 1. The Morgan fingerprint density at radius 1 is 1.09 bits per heavy atom. The van der Waals surface area contributed by atoms with Gasteiger partial charge < -0.3 is 25.8 Å². The van der Waals surface area contributed by atoms with Crippen molar-refractivity contribution in [1.29, 1.82) is 0 Å². The normalized spacial score (nSPS) is 13.0. The highest BCUT2D eigenvalue weighted by atomic mass is 16.3. The van der Waals surface area contributed by atoms with Crippen LogP contribution in [0.15, 0.2) is 48.9 Å². The van der Waals surface area contributed by atoms with Gasteiger partial charge in [-0.3, -0.25) is 19.4 Å². The number of hydrogen-bond donors (Lipinski definition) is 6. The molecule has 35 heavy (non-hydrogen) atoms. The molecule has 0 aliphatic rings. The van der Waals surface area contributed by atoms with Gasteiger partial charge in [0.2, 0.25) is 17.7 Å². The minimum Gasteiger partial charge on any atom is -0.494 e. The van der Waals surface area contributed by atoms with Gasteiger partial charge in [-0.2, -0.15) is 0 Å². The van der Waals surface area contributed by atoms with Crippen molar-refractivity contribution in [3.63, 3.8) is 0 Å².